The fourth-order valence-electron chi connectivity index (χ4n) is 2.36. The third-order valence-corrected chi connectivity index (χ3v) is 4.04. The van der Waals surface area contributed by atoms with Gasteiger partial charge in [0.25, 0.3) is 0 Å². The molecule has 1 aliphatic heterocycles. The minimum absolute atomic E-state index is 0.120. The van der Waals surface area contributed by atoms with Crippen molar-refractivity contribution in [1.29, 1.82) is 0 Å². The molecule has 130 valence electrons. The van der Waals surface area contributed by atoms with Gasteiger partial charge in [-0.3, -0.25) is 4.98 Å². The molecule has 0 saturated heterocycles. The van der Waals surface area contributed by atoms with Crippen molar-refractivity contribution in [1.82, 2.24) is 4.98 Å². The van der Waals surface area contributed by atoms with Gasteiger partial charge in [0, 0.05) is 11.8 Å². The normalized spacial score (nSPS) is 16.2. The quantitative estimate of drug-likeness (QED) is 0.769. The highest BCUT2D eigenvalue weighted by molar-refractivity contribution is 7.69. The number of hydrogen-bond donors (Lipinski definition) is 0. The Kier molecular flexibility index (Phi) is 4.67. The van der Waals surface area contributed by atoms with Gasteiger partial charge in [0.15, 0.2) is 6.61 Å². The van der Waals surface area contributed by atoms with E-state index in [4.69, 9.17) is 4.74 Å². The highest BCUT2D eigenvalue weighted by atomic mass is 32.1. The number of allylic oxidation sites excluding steroid dienone is 4. The van der Waals surface area contributed by atoms with Crippen LogP contribution in [0.15, 0.2) is 46.2 Å². The van der Waals surface area contributed by atoms with Crippen LogP contribution in [0, 0.1) is 6.92 Å². The molecule has 0 spiro atoms. The van der Waals surface area contributed by atoms with Crippen molar-refractivity contribution in [3.05, 3.63) is 47.4 Å². The van der Waals surface area contributed by atoms with E-state index in [-0.39, 0.29) is 12.2 Å². The highest BCUT2D eigenvalue weighted by Crippen LogP contribution is 2.25. The average Bonchev–Trinajstić information content (AvgIpc) is 2.97. The number of fused-ring (bicyclic) bond motifs is 1. The molecule has 3 rings (SSSR count). The molecule has 1 aromatic rings. The maximum Gasteiger partial charge on any atom is 0.422 e. The van der Waals surface area contributed by atoms with Crippen molar-refractivity contribution in [2.75, 3.05) is 6.61 Å². The van der Waals surface area contributed by atoms with E-state index in [1.54, 1.807) is 25.2 Å². The van der Waals surface area contributed by atoms with Crippen LogP contribution in [-0.4, -0.2) is 38.4 Å². The molecule has 2 heterocycles. The molecule has 25 heavy (non-hydrogen) atoms. The third-order valence-electron chi connectivity index (χ3n) is 3.53. The minimum atomic E-state index is -4.41. The van der Waals surface area contributed by atoms with E-state index in [0.29, 0.717) is 44.6 Å². The van der Waals surface area contributed by atoms with Gasteiger partial charge in [-0.05, 0) is 25.1 Å². The van der Waals surface area contributed by atoms with Crippen molar-refractivity contribution < 1.29 is 22.1 Å². The molecule has 0 amide bonds. The van der Waals surface area contributed by atoms with Crippen LogP contribution in [0.4, 0.5) is 13.2 Å². The fraction of sp³-hybridized carbons (Fsp3) is 0.250. The third kappa shape index (κ3) is 3.93. The Labute approximate surface area is 144 Å². The summed E-state index contributed by atoms with van der Waals surface area (Å²) in [5.74, 6) is 0.564. The second-order valence-corrected chi connectivity index (χ2v) is 5.91. The lowest BCUT2D eigenvalue weighted by Crippen LogP contribution is -2.20. The van der Waals surface area contributed by atoms with E-state index in [1.807, 2.05) is 0 Å². The summed E-state index contributed by atoms with van der Waals surface area (Å²) in [4.78, 5) is 13.3. The number of nitrogens with zero attached hydrogens (tertiary/aromatic N) is 3. The molecule has 1 aromatic heterocycles. The van der Waals surface area contributed by atoms with Crippen LogP contribution >= 0.6 is 0 Å². The van der Waals surface area contributed by atoms with Gasteiger partial charge in [0.1, 0.15) is 17.3 Å². The second kappa shape index (κ2) is 6.75. The summed E-state index contributed by atoms with van der Waals surface area (Å²) >= 11 is 0.338. The van der Waals surface area contributed by atoms with Crippen molar-refractivity contribution in [2.24, 2.45) is 9.98 Å². The van der Waals surface area contributed by atoms with Gasteiger partial charge >= 0.3 is 6.18 Å². The van der Waals surface area contributed by atoms with E-state index in [1.165, 1.54) is 12.3 Å². The number of aliphatic imine (C=N–C) groups is 2. The fourth-order valence-corrected chi connectivity index (χ4v) is 2.72. The van der Waals surface area contributed by atoms with Gasteiger partial charge in [0.05, 0.1) is 33.9 Å². The van der Waals surface area contributed by atoms with Crippen LogP contribution in [0.5, 0.6) is 5.75 Å². The summed E-state index contributed by atoms with van der Waals surface area (Å²) in [6, 6.07) is 1.39. The summed E-state index contributed by atoms with van der Waals surface area (Å²) in [5.41, 5.74) is 2.13. The number of aromatic nitrogens is 1. The summed E-state index contributed by atoms with van der Waals surface area (Å²) in [6.45, 7) is 0.272. The van der Waals surface area contributed by atoms with E-state index in [2.05, 4.69) is 15.0 Å². The first-order chi connectivity index (χ1) is 11.9. The van der Waals surface area contributed by atoms with Crippen LogP contribution in [0.1, 0.15) is 11.3 Å². The van der Waals surface area contributed by atoms with Crippen LogP contribution in [0.2, 0.25) is 0 Å². The number of rotatable bonds is 4. The molecule has 9 heteroatoms. The van der Waals surface area contributed by atoms with Gasteiger partial charge in [-0.1, -0.05) is 6.08 Å². The summed E-state index contributed by atoms with van der Waals surface area (Å²) < 4.78 is 52.9. The Balaban J connectivity index is 1.81. The topological polar surface area (TPSA) is 63.9 Å². The molecular formula is C16H12F3N3O2S. The summed E-state index contributed by atoms with van der Waals surface area (Å²) in [5, 5.41) is 0. The number of amidine groups is 1. The highest BCUT2D eigenvalue weighted by Gasteiger charge is 2.29. The number of pyridine rings is 1. The van der Waals surface area contributed by atoms with E-state index in [9.17, 15) is 17.4 Å². The van der Waals surface area contributed by atoms with Crippen LogP contribution < -0.4 is 4.74 Å². The molecule has 0 saturated carbocycles. The maximum absolute atomic E-state index is 12.3. The number of halogens is 3. The van der Waals surface area contributed by atoms with Crippen molar-refractivity contribution in [2.45, 2.75) is 19.5 Å². The Hall–Kier alpha value is -2.55. The van der Waals surface area contributed by atoms with Crippen molar-refractivity contribution >= 4 is 27.7 Å². The van der Waals surface area contributed by atoms with Crippen LogP contribution in [0.25, 0.3) is 0 Å². The lowest BCUT2D eigenvalue weighted by molar-refractivity contribution is -0.153. The number of ether oxygens (including phenoxy) is 1. The van der Waals surface area contributed by atoms with E-state index < -0.39 is 12.8 Å². The van der Waals surface area contributed by atoms with Crippen LogP contribution in [-0.2, 0) is 17.7 Å². The monoisotopic (exact) mass is 367 g/mol. The molecule has 5 nitrogen and oxygen atoms in total. The Morgan fingerprint density at radius 3 is 2.80 bits per heavy atom. The van der Waals surface area contributed by atoms with Gasteiger partial charge in [-0.25, -0.2) is 14.2 Å². The van der Waals surface area contributed by atoms with Gasteiger partial charge in [-0.15, -0.1) is 0 Å². The molecule has 0 unspecified atom stereocenters. The van der Waals surface area contributed by atoms with E-state index >= 15 is 0 Å². The predicted molar refractivity (Wildman–Crippen MR) is 89.5 cm³/mol. The zero-order chi connectivity index (χ0) is 18.0. The van der Waals surface area contributed by atoms with Crippen LogP contribution in [0.3, 0.4) is 0 Å². The first kappa shape index (κ1) is 17.3. The molecule has 0 aromatic carbocycles. The summed E-state index contributed by atoms with van der Waals surface area (Å²) in [7, 11) is 0. The second-order valence-electron chi connectivity index (χ2n) is 5.31. The molecule has 0 atom stereocenters. The Bertz CT molecular complexity index is 894. The predicted octanol–water partition coefficient (Wildman–Crippen LogP) is 2.57. The molecule has 0 fully saturated rings. The zero-order valence-corrected chi connectivity index (χ0v) is 13.8. The molecule has 2 aliphatic rings. The molecule has 0 bridgehead atoms. The van der Waals surface area contributed by atoms with Crippen molar-refractivity contribution in [3.8, 4) is 5.75 Å². The first-order valence-electron chi connectivity index (χ1n) is 7.23. The lowest BCUT2D eigenvalue weighted by Gasteiger charge is -2.13. The Morgan fingerprint density at radius 1 is 1.28 bits per heavy atom. The number of alkyl halides is 3. The Morgan fingerprint density at radius 2 is 2.08 bits per heavy atom. The SMILES string of the molecule is Cc1c(OCC(F)(F)F)ccnc1CC1=NC2=CC=CC(=S=O)C2=N1. The standard InChI is InChI=1S/C16H12F3N3O2S/c1-9-11(20-6-5-12(9)24-8-16(17,18)19)7-14-21-10-3-2-4-13(25-23)15(10)22-14/h2-6H,7-8H2,1H3. The average molecular weight is 367 g/mol. The zero-order valence-electron chi connectivity index (χ0n) is 13.0. The molecule has 1 aliphatic carbocycles. The first-order valence-corrected chi connectivity index (χ1v) is 7.98. The van der Waals surface area contributed by atoms with Gasteiger partial charge in [0.2, 0.25) is 0 Å². The van der Waals surface area contributed by atoms with E-state index in [0.717, 1.165) is 0 Å². The largest absolute Gasteiger partial charge is 0.484 e. The molecule has 0 N–H and O–H groups in total. The minimum Gasteiger partial charge on any atom is -0.484 e. The van der Waals surface area contributed by atoms with Gasteiger partial charge in [-0.2, -0.15) is 13.2 Å². The lowest BCUT2D eigenvalue weighted by atomic mass is 10.1. The maximum atomic E-state index is 12.3. The smallest absolute Gasteiger partial charge is 0.422 e. The molecule has 0 radical (unpaired) electrons. The molecular weight excluding hydrogens is 355 g/mol. The van der Waals surface area contributed by atoms with Gasteiger partial charge < -0.3 is 4.74 Å². The van der Waals surface area contributed by atoms with Crippen molar-refractivity contribution in [3.63, 3.8) is 0 Å². The number of hydrogen-bond acceptors (Lipinski definition) is 5. The summed E-state index contributed by atoms with van der Waals surface area (Å²) in [6.07, 6.45) is 2.33.